The van der Waals surface area contributed by atoms with Gasteiger partial charge in [-0.3, -0.25) is 4.79 Å². The van der Waals surface area contributed by atoms with E-state index in [4.69, 9.17) is 11.6 Å². The molecule has 4 heteroatoms. The molecule has 0 radical (unpaired) electrons. The highest BCUT2D eigenvalue weighted by Gasteiger charge is 2.23. The van der Waals surface area contributed by atoms with Gasteiger partial charge in [0.2, 0.25) is 0 Å². The van der Waals surface area contributed by atoms with Gasteiger partial charge in [-0.1, -0.05) is 0 Å². The number of carbonyl (C=O) groups excluding carboxylic acids is 1. The van der Waals surface area contributed by atoms with Crippen molar-refractivity contribution in [2.24, 2.45) is 0 Å². The van der Waals surface area contributed by atoms with E-state index in [0.29, 0.717) is 17.7 Å². The Hall–Kier alpha value is -1.09. The van der Waals surface area contributed by atoms with E-state index in [1.165, 1.54) is 12.1 Å². The molecule has 1 unspecified atom stereocenters. The zero-order valence-corrected chi connectivity index (χ0v) is 10.5. The first-order valence-electron chi connectivity index (χ1n) is 5.77. The zero-order chi connectivity index (χ0) is 12.4. The number of carbonyl (C=O) groups is 1. The summed E-state index contributed by atoms with van der Waals surface area (Å²) in [6, 6.07) is 4.25. The predicted octanol–water partition coefficient (Wildman–Crippen LogP) is 2.98. The Morgan fingerprint density at radius 1 is 1.53 bits per heavy atom. The second-order valence-electron chi connectivity index (χ2n) is 4.45. The summed E-state index contributed by atoms with van der Waals surface area (Å²) in [7, 11) is 0. The molecule has 2 rings (SSSR count). The molecule has 92 valence electrons. The molecule has 0 aliphatic carbocycles. The lowest BCUT2D eigenvalue weighted by molar-refractivity contribution is 0.0726. The molecule has 0 aromatic heterocycles. The molecule has 1 amide bonds. The van der Waals surface area contributed by atoms with E-state index in [1.54, 1.807) is 17.9 Å². The third kappa shape index (κ3) is 2.78. The number of amides is 1. The van der Waals surface area contributed by atoms with E-state index in [1.807, 2.05) is 0 Å². The molecule has 1 aromatic carbocycles. The third-order valence-corrected chi connectivity index (χ3v) is 3.43. The maximum atomic E-state index is 13.0. The lowest BCUT2D eigenvalue weighted by Gasteiger charge is -2.30. The topological polar surface area (TPSA) is 20.3 Å². The quantitative estimate of drug-likeness (QED) is 0.707. The van der Waals surface area contributed by atoms with Gasteiger partial charge in [0.25, 0.3) is 5.91 Å². The van der Waals surface area contributed by atoms with Gasteiger partial charge in [0.05, 0.1) is 5.38 Å². The Bertz CT molecular complexity index is 435. The number of benzene rings is 1. The van der Waals surface area contributed by atoms with Crippen molar-refractivity contribution in [3.05, 3.63) is 35.1 Å². The molecule has 1 fully saturated rings. The van der Waals surface area contributed by atoms with Crippen molar-refractivity contribution >= 4 is 17.5 Å². The maximum absolute atomic E-state index is 13.0. The van der Waals surface area contributed by atoms with E-state index < -0.39 is 0 Å². The van der Waals surface area contributed by atoms with Crippen LogP contribution in [0, 0.1) is 12.7 Å². The summed E-state index contributed by atoms with van der Waals surface area (Å²) in [4.78, 5) is 14.0. The Morgan fingerprint density at radius 2 is 2.29 bits per heavy atom. The molecule has 1 saturated heterocycles. The molecular weight excluding hydrogens is 241 g/mol. The fourth-order valence-corrected chi connectivity index (χ4v) is 2.47. The molecule has 1 aliphatic heterocycles. The number of halogens is 2. The number of likely N-dealkylation sites (tertiary alicyclic amines) is 1. The smallest absolute Gasteiger partial charge is 0.254 e. The molecule has 1 aromatic rings. The Labute approximate surface area is 105 Å². The summed E-state index contributed by atoms with van der Waals surface area (Å²) in [5.74, 6) is -0.360. The summed E-state index contributed by atoms with van der Waals surface area (Å²) in [5, 5.41) is 0.0356. The summed E-state index contributed by atoms with van der Waals surface area (Å²) >= 11 is 6.05. The first kappa shape index (κ1) is 12.4. The van der Waals surface area contributed by atoms with Gasteiger partial charge in [-0.2, -0.15) is 0 Å². The summed E-state index contributed by atoms with van der Waals surface area (Å²) < 4.78 is 13.0. The number of hydrogen-bond donors (Lipinski definition) is 0. The molecule has 1 heterocycles. The highest BCUT2D eigenvalue weighted by atomic mass is 35.5. The first-order valence-corrected chi connectivity index (χ1v) is 6.21. The van der Waals surface area contributed by atoms with Crippen LogP contribution in [0.4, 0.5) is 4.39 Å². The predicted molar refractivity (Wildman–Crippen MR) is 65.9 cm³/mol. The Kier molecular flexibility index (Phi) is 3.67. The fraction of sp³-hybridized carbons (Fsp3) is 0.462. The average Bonchev–Trinajstić information content (AvgIpc) is 2.28. The molecule has 0 spiro atoms. The minimum Gasteiger partial charge on any atom is -0.337 e. The van der Waals surface area contributed by atoms with Crippen molar-refractivity contribution < 1.29 is 9.18 Å². The lowest BCUT2D eigenvalue weighted by Crippen LogP contribution is -2.40. The minimum absolute atomic E-state index is 0.0356. The largest absolute Gasteiger partial charge is 0.337 e. The number of nitrogens with zero attached hydrogens (tertiary/aromatic N) is 1. The molecule has 0 saturated carbocycles. The molecular formula is C13H15ClFNO. The van der Waals surface area contributed by atoms with Gasteiger partial charge in [-0.25, -0.2) is 4.39 Å². The molecule has 1 atom stereocenters. The van der Waals surface area contributed by atoms with Gasteiger partial charge < -0.3 is 4.90 Å². The highest BCUT2D eigenvalue weighted by Crippen LogP contribution is 2.19. The van der Waals surface area contributed by atoms with Crippen molar-refractivity contribution in [3.8, 4) is 0 Å². The van der Waals surface area contributed by atoms with Crippen LogP contribution in [0.25, 0.3) is 0 Å². The number of rotatable bonds is 1. The molecule has 17 heavy (non-hydrogen) atoms. The Morgan fingerprint density at radius 3 is 2.94 bits per heavy atom. The number of piperidine rings is 1. The van der Waals surface area contributed by atoms with E-state index >= 15 is 0 Å². The van der Waals surface area contributed by atoms with Crippen LogP contribution in [-0.2, 0) is 0 Å². The van der Waals surface area contributed by atoms with Crippen molar-refractivity contribution in [2.75, 3.05) is 13.1 Å². The molecule has 0 bridgehead atoms. The number of aryl methyl sites for hydroxylation is 1. The van der Waals surface area contributed by atoms with E-state index in [2.05, 4.69) is 0 Å². The van der Waals surface area contributed by atoms with Crippen molar-refractivity contribution in [1.82, 2.24) is 4.90 Å². The Balaban J connectivity index is 2.18. The van der Waals surface area contributed by atoms with E-state index in [-0.39, 0.29) is 17.1 Å². The molecule has 2 nitrogen and oxygen atoms in total. The van der Waals surface area contributed by atoms with E-state index in [9.17, 15) is 9.18 Å². The standard InChI is InChI=1S/C13H15ClFNO/c1-9-7-11(15)4-5-12(9)13(17)16-6-2-3-10(14)8-16/h4-5,7,10H,2-3,6,8H2,1H3. The number of hydrogen-bond acceptors (Lipinski definition) is 1. The maximum Gasteiger partial charge on any atom is 0.254 e. The summed E-state index contributed by atoms with van der Waals surface area (Å²) in [6.45, 7) is 3.06. The van der Waals surface area contributed by atoms with Crippen molar-refractivity contribution in [2.45, 2.75) is 25.1 Å². The third-order valence-electron chi connectivity index (χ3n) is 3.07. The monoisotopic (exact) mass is 255 g/mol. The average molecular weight is 256 g/mol. The van der Waals surface area contributed by atoms with Gasteiger partial charge >= 0.3 is 0 Å². The summed E-state index contributed by atoms with van der Waals surface area (Å²) in [5.41, 5.74) is 1.24. The molecule has 0 N–H and O–H groups in total. The summed E-state index contributed by atoms with van der Waals surface area (Å²) in [6.07, 6.45) is 1.88. The van der Waals surface area contributed by atoms with Gasteiger partial charge in [-0.15, -0.1) is 11.6 Å². The second kappa shape index (κ2) is 5.05. The number of alkyl halides is 1. The van der Waals surface area contributed by atoms with Gasteiger partial charge in [0.15, 0.2) is 0 Å². The normalized spacial score (nSPS) is 20.4. The van der Waals surface area contributed by atoms with Crippen LogP contribution >= 0.6 is 11.6 Å². The van der Waals surface area contributed by atoms with Gasteiger partial charge in [0.1, 0.15) is 5.82 Å². The first-order chi connectivity index (χ1) is 8.08. The van der Waals surface area contributed by atoms with Crippen molar-refractivity contribution in [3.63, 3.8) is 0 Å². The van der Waals surface area contributed by atoms with Crippen LogP contribution in [-0.4, -0.2) is 29.3 Å². The fourth-order valence-electron chi connectivity index (χ4n) is 2.15. The SMILES string of the molecule is Cc1cc(F)ccc1C(=O)N1CCCC(Cl)C1. The highest BCUT2D eigenvalue weighted by molar-refractivity contribution is 6.21. The molecule has 1 aliphatic rings. The minimum atomic E-state index is -0.312. The van der Waals surface area contributed by atoms with Crippen LogP contribution in [0.15, 0.2) is 18.2 Å². The van der Waals surface area contributed by atoms with Gasteiger partial charge in [0, 0.05) is 18.7 Å². The second-order valence-corrected chi connectivity index (χ2v) is 5.07. The van der Waals surface area contributed by atoms with Crippen LogP contribution < -0.4 is 0 Å². The van der Waals surface area contributed by atoms with Crippen LogP contribution in [0.2, 0.25) is 0 Å². The zero-order valence-electron chi connectivity index (χ0n) is 9.75. The van der Waals surface area contributed by atoms with Crippen molar-refractivity contribution in [1.29, 1.82) is 0 Å². The lowest BCUT2D eigenvalue weighted by atomic mass is 10.0. The van der Waals surface area contributed by atoms with Gasteiger partial charge in [-0.05, 0) is 43.5 Å². The van der Waals surface area contributed by atoms with Crippen LogP contribution in [0.3, 0.4) is 0 Å². The van der Waals surface area contributed by atoms with E-state index in [0.717, 1.165) is 19.4 Å². The van der Waals surface area contributed by atoms with Crippen LogP contribution in [0.5, 0.6) is 0 Å². The van der Waals surface area contributed by atoms with Crippen LogP contribution in [0.1, 0.15) is 28.8 Å².